The number of primary amides is 1. The molecule has 2 rings (SSSR count). The van der Waals surface area contributed by atoms with E-state index in [0.717, 1.165) is 3.57 Å². The van der Waals surface area contributed by atoms with Gasteiger partial charge in [-0.2, -0.15) is 0 Å². The highest BCUT2D eigenvalue weighted by atomic mass is 127. The minimum atomic E-state index is -0.270. The Hall–Kier alpha value is -0.820. The van der Waals surface area contributed by atoms with Crippen molar-refractivity contribution in [2.75, 3.05) is 13.1 Å². The zero-order valence-electron chi connectivity index (χ0n) is 10.2. The summed E-state index contributed by atoms with van der Waals surface area (Å²) >= 11 is 7.99. The van der Waals surface area contributed by atoms with Crippen LogP contribution in [-0.4, -0.2) is 29.8 Å². The number of piperidine rings is 1. The molecule has 4 nitrogen and oxygen atoms in total. The van der Waals surface area contributed by atoms with E-state index in [1.807, 2.05) is 0 Å². The molecule has 0 aliphatic carbocycles. The molecule has 0 aromatic heterocycles. The Labute approximate surface area is 130 Å². The fraction of sp³-hybridized carbons (Fsp3) is 0.385. The van der Waals surface area contributed by atoms with Gasteiger partial charge in [-0.05, 0) is 53.6 Å². The molecule has 1 fully saturated rings. The lowest BCUT2D eigenvalue weighted by Crippen LogP contribution is -2.41. The van der Waals surface area contributed by atoms with Crippen LogP contribution in [0.1, 0.15) is 23.2 Å². The molecule has 102 valence electrons. The number of benzene rings is 1. The molecular formula is C13H14ClIN2O2. The van der Waals surface area contributed by atoms with Crippen LogP contribution >= 0.6 is 34.2 Å². The third kappa shape index (κ3) is 3.39. The Balaban J connectivity index is 2.07. The van der Waals surface area contributed by atoms with Crippen LogP contribution in [-0.2, 0) is 4.79 Å². The predicted molar refractivity (Wildman–Crippen MR) is 82.0 cm³/mol. The summed E-state index contributed by atoms with van der Waals surface area (Å²) in [5, 5.41) is 0.619. The Kier molecular flexibility index (Phi) is 4.67. The van der Waals surface area contributed by atoms with Crippen LogP contribution in [0.2, 0.25) is 5.02 Å². The smallest absolute Gasteiger partial charge is 0.254 e. The van der Waals surface area contributed by atoms with Crippen LogP contribution in [0.15, 0.2) is 18.2 Å². The molecule has 0 atom stereocenters. The number of amides is 2. The summed E-state index contributed by atoms with van der Waals surface area (Å²) in [7, 11) is 0. The number of carbonyl (C=O) groups excluding carboxylic acids is 2. The van der Waals surface area contributed by atoms with Crippen molar-refractivity contribution in [3.05, 3.63) is 32.4 Å². The Bertz CT molecular complexity index is 513. The average molecular weight is 393 g/mol. The molecule has 2 N–H and O–H groups in total. The maximum atomic E-state index is 12.4. The van der Waals surface area contributed by atoms with Gasteiger partial charge in [-0.15, -0.1) is 0 Å². The van der Waals surface area contributed by atoms with E-state index in [1.54, 1.807) is 23.1 Å². The van der Waals surface area contributed by atoms with Crippen molar-refractivity contribution in [2.45, 2.75) is 12.8 Å². The second-order valence-corrected chi connectivity index (χ2v) is 6.19. The summed E-state index contributed by atoms with van der Waals surface area (Å²) in [4.78, 5) is 25.2. The van der Waals surface area contributed by atoms with Crippen LogP contribution in [0.25, 0.3) is 0 Å². The van der Waals surface area contributed by atoms with E-state index in [-0.39, 0.29) is 17.7 Å². The summed E-state index contributed by atoms with van der Waals surface area (Å²) in [5.74, 6) is -0.384. The standard InChI is InChI=1S/C13H14ClIN2O2/c14-9-1-2-10(11(15)7-9)13(19)17-5-3-8(4-6-17)12(16)18/h1-2,7-8H,3-6H2,(H2,16,18). The first-order valence-electron chi connectivity index (χ1n) is 6.02. The molecule has 19 heavy (non-hydrogen) atoms. The van der Waals surface area contributed by atoms with E-state index in [4.69, 9.17) is 17.3 Å². The normalized spacial score (nSPS) is 16.4. The molecule has 6 heteroatoms. The van der Waals surface area contributed by atoms with Crippen molar-refractivity contribution in [1.82, 2.24) is 4.90 Å². The third-order valence-electron chi connectivity index (χ3n) is 3.35. The number of nitrogens with two attached hydrogens (primary N) is 1. The first-order valence-corrected chi connectivity index (χ1v) is 7.48. The quantitative estimate of drug-likeness (QED) is 0.785. The van der Waals surface area contributed by atoms with Gasteiger partial charge in [0, 0.05) is 27.6 Å². The zero-order chi connectivity index (χ0) is 14.0. The van der Waals surface area contributed by atoms with E-state index in [9.17, 15) is 9.59 Å². The van der Waals surface area contributed by atoms with Gasteiger partial charge in [0.05, 0.1) is 5.56 Å². The van der Waals surface area contributed by atoms with E-state index in [0.29, 0.717) is 36.5 Å². The van der Waals surface area contributed by atoms with Gasteiger partial charge in [-0.3, -0.25) is 9.59 Å². The fourth-order valence-electron chi connectivity index (χ4n) is 2.20. The Morgan fingerprint density at radius 1 is 1.32 bits per heavy atom. The lowest BCUT2D eigenvalue weighted by atomic mass is 9.96. The van der Waals surface area contributed by atoms with E-state index < -0.39 is 0 Å². The van der Waals surface area contributed by atoms with Crippen molar-refractivity contribution in [2.24, 2.45) is 11.7 Å². The number of hydrogen-bond acceptors (Lipinski definition) is 2. The van der Waals surface area contributed by atoms with Crippen molar-refractivity contribution < 1.29 is 9.59 Å². The van der Waals surface area contributed by atoms with Gasteiger partial charge < -0.3 is 10.6 Å². The van der Waals surface area contributed by atoms with Gasteiger partial charge in [0.1, 0.15) is 0 Å². The first kappa shape index (κ1) is 14.6. The Morgan fingerprint density at radius 2 is 1.95 bits per heavy atom. The molecule has 0 bridgehead atoms. The maximum absolute atomic E-state index is 12.4. The first-order chi connectivity index (χ1) is 8.99. The molecule has 1 saturated heterocycles. The van der Waals surface area contributed by atoms with Crippen molar-refractivity contribution >= 4 is 46.0 Å². The van der Waals surface area contributed by atoms with E-state index >= 15 is 0 Å². The monoisotopic (exact) mass is 392 g/mol. The molecular weight excluding hydrogens is 379 g/mol. The fourth-order valence-corrected chi connectivity index (χ4v) is 3.30. The molecule has 1 aromatic carbocycles. The molecule has 1 aromatic rings. The van der Waals surface area contributed by atoms with Crippen molar-refractivity contribution in [3.8, 4) is 0 Å². The number of hydrogen-bond donors (Lipinski definition) is 1. The molecule has 1 aliphatic heterocycles. The predicted octanol–water partition coefficient (Wildman–Crippen LogP) is 2.28. The Morgan fingerprint density at radius 3 is 2.47 bits per heavy atom. The minimum absolute atomic E-state index is 0.0102. The highest BCUT2D eigenvalue weighted by Gasteiger charge is 2.27. The van der Waals surface area contributed by atoms with Crippen molar-refractivity contribution in [3.63, 3.8) is 0 Å². The van der Waals surface area contributed by atoms with Crippen LogP contribution in [0.5, 0.6) is 0 Å². The highest BCUT2D eigenvalue weighted by molar-refractivity contribution is 14.1. The van der Waals surface area contributed by atoms with E-state index in [1.165, 1.54) is 0 Å². The number of nitrogens with zero attached hydrogens (tertiary/aromatic N) is 1. The second-order valence-electron chi connectivity index (χ2n) is 4.59. The third-order valence-corrected chi connectivity index (χ3v) is 4.47. The lowest BCUT2D eigenvalue weighted by Gasteiger charge is -2.30. The van der Waals surface area contributed by atoms with Crippen LogP contribution in [0, 0.1) is 9.49 Å². The summed E-state index contributed by atoms with van der Waals surface area (Å²) in [6, 6.07) is 5.23. The summed E-state index contributed by atoms with van der Waals surface area (Å²) in [6.07, 6.45) is 1.29. The summed E-state index contributed by atoms with van der Waals surface area (Å²) in [6.45, 7) is 1.15. The lowest BCUT2D eigenvalue weighted by molar-refractivity contribution is -0.123. The number of carbonyl (C=O) groups is 2. The maximum Gasteiger partial charge on any atom is 0.254 e. The number of likely N-dealkylation sites (tertiary alicyclic amines) is 1. The molecule has 2 amide bonds. The number of rotatable bonds is 2. The van der Waals surface area contributed by atoms with Gasteiger partial charge in [-0.25, -0.2) is 0 Å². The van der Waals surface area contributed by atoms with Crippen molar-refractivity contribution in [1.29, 1.82) is 0 Å². The SMILES string of the molecule is NC(=O)C1CCN(C(=O)c2ccc(Cl)cc2I)CC1. The van der Waals surface area contributed by atoms with Gasteiger partial charge in [0.15, 0.2) is 0 Å². The van der Waals surface area contributed by atoms with Crippen LogP contribution < -0.4 is 5.73 Å². The van der Waals surface area contributed by atoms with Gasteiger partial charge in [0.25, 0.3) is 5.91 Å². The molecule has 0 saturated carbocycles. The second kappa shape index (κ2) is 6.09. The van der Waals surface area contributed by atoms with Crippen LogP contribution in [0.3, 0.4) is 0 Å². The molecule has 0 unspecified atom stereocenters. The largest absolute Gasteiger partial charge is 0.369 e. The molecule has 0 radical (unpaired) electrons. The zero-order valence-corrected chi connectivity index (χ0v) is 13.1. The average Bonchev–Trinajstić information content (AvgIpc) is 2.38. The van der Waals surface area contributed by atoms with Gasteiger partial charge >= 0.3 is 0 Å². The van der Waals surface area contributed by atoms with E-state index in [2.05, 4.69) is 22.6 Å². The van der Waals surface area contributed by atoms with Gasteiger partial charge in [-0.1, -0.05) is 11.6 Å². The summed E-state index contributed by atoms with van der Waals surface area (Å²) < 4.78 is 0.840. The molecule has 1 aliphatic rings. The molecule has 0 spiro atoms. The topological polar surface area (TPSA) is 63.4 Å². The molecule has 1 heterocycles. The van der Waals surface area contributed by atoms with Crippen LogP contribution in [0.4, 0.5) is 0 Å². The summed E-state index contributed by atoms with van der Waals surface area (Å²) in [5.41, 5.74) is 5.94. The highest BCUT2D eigenvalue weighted by Crippen LogP contribution is 2.23. The minimum Gasteiger partial charge on any atom is -0.369 e. The number of halogens is 2. The van der Waals surface area contributed by atoms with Gasteiger partial charge in [0.2, 0.25) is 5.91 Å².